The molecule has 1 unspecified atom stereocenters. The Bertz CT molecular complexity index is 766. The van der Waals surface area contributed by atoms with Crippen LogP contribution in [0.2, 0.25) is 0 Å². The molecular weight excluding hydrogens is 418 g/mol. The lowest BCUT2D eigenvalue weighted by molar-refractivity contribution is -0.117. The molecule has 1 saturated heterocycles. The highest BCUT2D eigenvalue weighted by Crippen LogP contribution is 2.27. The number of anilines is 1. The molecule has 1 heterocycles. The van der Waals surface area contributed by atoms with Crippen LogP contribution in [0.1, 0.15) is 12.8 Å². The second kappa shape index (κ2) is 9.28. The zero-order valence-corrected chi connectivity index (χ0v) is 16.3. The number of ether oxygens (including phenoxy) is 1. The summed E-state index contributed by atoms with van der Waals surface area (Å²) in [5, 5.41) is 2.53. The number of hydrogen-bond donors (Lipinski definition) is 1. The molecule has 3 rings (SSSR count). The molecule has 2 aromatic rings. The summed E-state index contributed by atoms with van der Waals surface area (Å²) in [6.45, 7) is 2.31. The highest BCUT2D eigenvalue weighted by Gasteiger charge is 2.23. The Morgan fingerprint density at radius 3 is 2.78 bits per heavy atom. The zero-order valence-electron chi connectivity index (χ0n) is 14.8. The van der Waals surface area contributed by atoms with Gasteiger partial charge in [0, 0.05) is 23.0 Å². The Morgan fingerprint density at radius 1 is 1.26 bits per heavy atom. The normalized spacial score (nSPS) is 17.5. The molecule has 0 bridgehead atoms. The summed E-state index contributed by atoms with van der Waals surface area (Å²) in [6.07, 6.45) is 2.02. The number of hydrogen-bond acceptors (Lipinski definition) is 3. The Balaban J connectivity index is 1.50. The summed E-state index contributed by atoms with van der Waals surface area (Å²) >= 11 is 3.08. The molecule has 144 valence electrons. The van der Waals surface area contributed by atoms with Crippen molar-refractivity contribution in [1.82, 2.24) is 4.90 Å². The number of likely N-dealkylation sites (tertiary alicyclic amines) is 1. The van der Waals surface area contributed by atoms with E-state index < -0.39 is 11.6 Å². The molecule has 1 atom stereocenters. The Kier molecular flexibility index (Phi) is 6.79. The third-order valence-electron chi connectivity index (χ3n) is 4.47. The Hall–Kier alpha value is -1.99. The van der Waals surface area contributed by atoms with Crippen LogP contribution in [0.25, 0.3) is 0 Å². The second-order valence-electron chi connectivity index (χ2n) is 6.66. The van der Waals surface area contributed by atoms with Crippen molar-refractivity contribution < 1.29 is 18.3 Å². The highest BCUT2D eigenvalue weighted by atomic mass is 79.9. The van der Waals surface area contributed by atoms with Gasteiger partial charge in [-0.25, -0.2) is 8.78 Å². The lowest BCUT2D eigenvalue weighted by Crippen LogP contribution is -2.42. The first-order valence-electron chi connectivity index (χ1n) is 8.86. The van der Waals surface area contributed by atoms with Gasteiger partial charge in [0.2, 0.25) is 5.91 Å². The maximum absolute atomic E-state index is 13.9. The average molecular weight is 439 g/mol. The molecule has 0 spiro atoms. The number of benzene rings is 2. The number of halogens is 3. The molecule has 2 aromatic carbocycles. The van der Waals surface area contributed by atoms with Crippen LogP contribution < -0.4 is 10.1 Å². The van der Waals surface area contributed by atoms with E-state index in [1.807, 2.05) is 35.2 Å². The fourth-order valence-electron chi connectivity index (χ4n) is 3.21. The summed E-state index contributed by atoms with van der Waals surface area (Å²) < 4.78 is 33.0. The van der Waals surface area contributed by atoms with Crippen molar-refractivity contribution in [3.8, 4) is 5.75 Å². The number of piperidine rings is 1. The SMILES string of the molecule is O=C(CN1CCCC(COc2ccccc2)C1)Nc1c(F)cc(F)cc1Br. The summed E-state index contributed by atoms with van der Waals surface area (Å²) in [5.41, 5.74) is -0.0395. The molecule has 4 nitrogen and oxygen atoms in total. The fraction of sp³-hybridized carbons (Fsp3) is 0.350. The molecule has 1 aliphatic heterocycles. The number of nitrogens with one attached hydrogen (secondary N) is 1. The summed E-state index contributed by atoms with van der Waals surface area (Å²) in [5.74, 6) is -0.659. The van der Waals surface area contributed by atoms with Gasteiger partial charge in [0.05, 0.1) is 18.8 Å². The lowest BCUT2D eigenvalue weighted by Gasteiger charge is -2.32. The maximum Gasteiger partial charge on any atom is 0.238 e. The van der Waals surface area contributed by atoms with Crippen LogP contribution in [0.5, 0.6) is 5.75 Å². The number of carbonyl (C=O) groups excluding carboxylic acids is 1. The predicted molar refractivity (Wildman–Crippen MR) is 104 cm³/mol. The van der Waals surface area contributed by atoms with Gasteiger partial charge in [0.25, 0.3) is 0 Å². The standard InChI is InChI=1S/C20H21BrF2N2O2/c21-17-9-15(22)10-18(23)20(17)24-19(26)12-25-8-4-5-14(11-25)13-27-16-6-2-1-3-7-16/h1-3,6-7,9-10,14H,4-5,8,11-13H2,(H,24,26). The van der Waals surface area contributed by atoms with Gasteiger partial charge in [-0.3, -0.25) is 9.69 Å². The van der Waals surface area contributed by atoms with E-state index in [9.17, 15) is 13.6 Å². The minimum atomic E-state index is -0.803. The molecule has 27 heavy (non-hydrogen) atoms. The zero-order chi connectivity index (χ0) is 19.2. The topological polar surface area (TPSA) is 41.6 Å². The van der Waals surface area contributed by atoms with E-state index in [1.165, 1.54) is 0 Å². The molecule has 1 fully saturated rings. The first-order chi connectivity index (χ1) is 13.0. The van der Waals surface area contributed by atoms with Gasteiger partial charge >= 0.3 is 0 Å². The third kappa shape index (κ3) is 5.74. The van der Waals surface area contributed by atoms with Crippen LogP contribution in [-0.2, 0) is 4.79 Å². The van der Waals surface area contributed by atoms with Gasteiger partial charge in [0.15, 0.2) is 5.82 Å². The Morgan fingerprint density at radius 2 is 2.04 bits per heavy atom. The van der Waals surface area contributed by atoms with Gasteiger partial charge < -0.3 is 10.1 Å². The van der Waals surface area contributed by atoms with Gasteiger partial charge in [-0.15, -0.1) is 0 Å². The van der Waals surface area contributed by atoms with Crippen molar-refractivity contribution in [1.29, 1.82) is 0 Å². The number of rotatable bonds is 6. The monoisotopic (exact) mass is 438 g/mol. The predicted octanol–water partition coefficient (Wildman–Crippen LogP) is 4.46. The van der Waals surface area contributed by atoms with Gasteiger partial charge in [-0.05, 0) is 53.5 Å². The first-order valence-corrected chi connectivity index (χ1v) is 9.65. The molecule has 7 heteroatoms. The van der Waals surface area contributed by atoms with Gasteiger partial charge in [0.1, 0.15) is 11.6 Å². The largest absolute Gasteiger partial charge is 0.493 e. The van der Waals surface area contributed by atoms with Crippen LogP contribution in [0.4, 0.5) is 14.5 Å². The smallest absolute Gasteiger partial charge is 0.238 e. The van der Waals surface area contributed by atoms with Crippen LogP contribution in [0.15, 0.2) is 46.9 Å². The number of carbonyl (C=O) groups is 1. The van der Waals surface area contributed by atoms with Crippen molar-refractivity contribution in [2.45, 2.75) is 12.8 Å². The van der Waals surface area contributed by atoms with Crippen molar-refractivity contribution in [2.75, 3.05) is 31.6 Å². The number of amides is 1. The summed E-state index contributed by atoms with van der Waals surface area (Å²) in [7, 11) is 0. The van der Waals surface area contributed by atoms with E-state index in [-0.39, 0.29) is 22.6 Å². The molecule has 1 amide bonds. The first kappa shape index (κ1) is 19.8. The van der Waals surface area contributed by atoms with Crippen molar-refractivity contribution in [3.05, 3.63) is 58.6 Å². The number of para-hydroxylation sites is 1. The maximum atomic E-state index is 13.9. The van der Waals surface area contributed by atoms with Crippen LogP contribution in [-0.4, -0.2) is 37.0 Å². The van der Waals surface area contributed by atoms with E-state index in [0.29, 0.717) is 12.5 Å². The minimum Gasteiger partial charge on any atom is -0.493 e. The lowest BCUT2D eigenvalue weighted by atomic mass is 9.99. The number of nitrogens with zero attached hydrogens (tertiary/aromatic N) is 1. The molecule has 1 N–H and O–H groups in total. The third-order valence-corrected chi connectivity index (χ3v) is 5.10. The molecule has 0 saturated carbocycles. The quantitative estimate of drug-likeness (QED) is 0.723. The summed E-state index contributed by atoms with van der Waals surface area (Å²) in [6, 6.07) is 11.5. The molecule has 1 aliphatic rings. The average Bonchev–Trinajstić information content (AvgIpc) is 2.64. The summed E-state index contributed by atoms with van der Waals surface area (Å²) in [4.78, 5) is 14.3. The van der Waals surface area contributed by atoms with Crippen LogP contribution in [0, 0.1) is 17.6 Å². The second-order valence-corrected chi connectivity index (χ2v) is 7.51. The van der Waals surface area contributed by atoms with Crippen LogP contribution >= 0.6 is 15.9 Å². The van der Waals surface area contributed by atoms with Crippen molar-refractivity contribution >= 4 is 27.5 Å². The van der Waals surface area contributed by atoms with E-state index in [2.05, 4.69) is 21.2 Å². The minimum absolute atomic E-state index is 0.0395. The van der Waals surface area contributed by atoms with Crippen molar-refractivity contribution in [3.63, 3.8) is 0 Å². The highest BCUT2D eigenvalue weighted by molar-refractivity contribution is 9.10. The molecule has 0 radical (unpaired) electrons. The van der Waals surface area contributed by atoms with E-state index in [1.54, 1.807) is 0 Å². The molecule has 0 aliphatic carbocycles. The molecular formula is C20H21BrF2N2O2. The van der Waals surface area contributed by atoms with E-state index >= 15 is 0 Å². The van der Waals surface area contributed by atoms with Gasteiger partial charge in [-0.2, -0.15) is 0 Å². The van der Waals surface area contributed by atoms with Gasteiger partial charge in [-0.1, -0.05) is 18.2 Å². The van der Waals surface area contributed by atoms with E-state index in [0.717, 1.165) is 43.8 Å². The Labute approximate surface area is 165 Å². The van der Waals surface area contributed by atoms with Crippen molar-refractivity contribution in [2.24, 2.45) is 5.92 Å². The van der Waals surface area contributed by atoms with E-state index in [4.69, 9.17) is 4.74 Å². The molecule has 0 aromatic heterocycles. The van der Waals surface area contributed by atoms with Crippen LogP contribution in [0.3, 0.4) is 0 Å². The fourth-order valence-corrected chi connectivity index (χ4v) is 3.71.